The van der Waals surface area contributed by atoms with E-state index in [-0.39, 0.29) is 11.6 Å². The van der Waals surface area contributed by atoms with Crippen LogP contribution in [0.25, 0.3) is 0 Å². The average molecular weight is 359 g/mol. The molecule has 4 rings (SSSR count). The number of benzene rings is 1. The van der Waals surface area contributed by atoms with E-state index in [1.807, 2.05) is 12.1 Å². The summed E-state index contributed by atoms with van der Waals surface area (Å²) in [6.45, 7) is 0. The van der Waals surface area contributed by atoms with Gasteiger partial charge in [0.2, 0.25) is 5.95 Å². The van der Waals surface area contributed by atoms with Crippen molar-refractivity contribution >= 4 is 29.3 Å². The number of carbonyl (C=O) groups excluding carboxylic acids is 2. The normalized spacial score (nSPS) is 19.1. The SMILES string of the molecule is COC(=O)c1nc2n(n1)[C@@H](c1ccc(Cl)cc1)C1=C(CCCC1=O)N2. The van der Waals surface area contributed by atoms with Gasteiger partial charge in [-0.1, -0.05) is 23.7 Å². The molecule has 1 N–H and O–H groups in total. The van der Waals surface area contributed by atoms with E-state index < -0.39 is 12.0 Å². The van der Waals surface area contributed by atoms with Crippen LogP contribution in [0.1, 0.15) is 41.5 Å². The van der Waals surface area contributed by atoms with Crippen molar-refractivity contribution < 1.29 is 14.3 Å². The second-order valence-corrected chi connectivity index (χ2v) is 6.38. The smallest absolute Gasteiger partial charge is 0.378 e. The van der Waals surface area contributed by atoms with E-state index in [0.29, 0.717) is 23.0 Å². The molecular formula is C17H15ClN4O3. The van der Waals surface area contributed by atoms with Crippen LogP contribution in [0.5, 0.6) is 0 Å². The monoisotopic (exact) mass is 358 g/mol. The lowest BCUT2D eigenvalue weighted by Gasteiger charge is -2.32. The van der Waals surface area contributed by atoms with E-state index in [1.165, 1.54) is 7.11 Å². The molecule has 0 fully saturated rings. The summed E-state index contributed by atoms with van der Waals surface area (Å²) in [6, 6.07) is 6.80. The van der Waals surface area contributed by atoms with Crippen LogP contribution < -0.4 is 5.32 Å². The molecule has 2 aliphatic rings. The van der Waals surface area contributed by atoms with Gasteiger partial charge in [-0.25, -0.2) is 9.48 Å². The van der Waals surface area contributed by atoms with Gasteiger partial charge in [0.05, 0.1) is 7.11 Å². The molecule has 0 spiro atoms. The van der Waals surface area contributed by atoms with Crippen molar-refractivity contribution in [2.75, 3.05) is 12.4 Å². The fraction of sp³-hybridized carbons (Fsp3) is 0.294. The fourth-order valence-electron chi connectivity index (χ4n) is 3.29. The lowest BCUT2D eigenvalue weighted by molar-refractivity contribution is -0.116. The van der Waals surface area contributed by atoms with Gasteiger partial charge in [0.25, 0.3) is 5.82 Å². The van der Waals surface area contributed by atoms with Crippen LogP contribution in [0.2, 0.25) is 5.02 Å². The molecule has 25 heavy (non-hydrogen) atoms. The number of aromatic nitrogens is 3. The molecule has 7 nitrogen and oxygen atoms in total. The van der Waals surface area contributed by atoms with Crippen LogP contribution in [0.15, 0.2) is 35.5 Å². The number of methoxy groups -OCH3 is 1. The number of esters is 1. The van der Waals surface area contributed by atoms with Gasteiger partial charge in [-0.3, -0.25) is 4.79 Å². The van der Waals surface area contributed by atoms with Crippen molar-refractivity contribution in [2.24, 2.45) is 0 Å². The molecule has 0 unspecified atom stereocenters. The highest BCUT2D eigenvalue weighted by molar-refractivity contribution is 6.30. The lowest BCUT2D eigenvalue weighted by atomic mass is 9.85. The predicted molar refractivity (Wildman–Crippen MR) is 90.5 cm³/mol. The second-order valence-electron chi connectivity index (χ2n) is 5.94. The fourth-order valence-corrected chi connectivity index (χ4v) is 3.41. The number of nitrogens with one attached hydrogen (secondary N) is 1. The number of hydrogen-bond acceptors (Lipinski definition) is 6. The minimum atomic E-state index is -0.622. The number of fused-ring (bicyclic) bond motifs is 1. The van der Waals surface area contributed by atoms with E-state index in [2.05, 4.69) is 15.4 Å². The van der Waals surface area contributed by atoms with Gasteiger partial charge in [0, 0.05) is 22.7 Å². The van der Waals surface area contributed by atoms with Crippen molar-refractivity contribution in [1.82, 2.24) is 14.8 Å². The van der Waals surface area contributed by atoms with Crippen LogP contribution in [0.4, 0.5) is 5.95 Å². The van der Waals surface area contributed by atoms with Crippen molar-refractivity contribution in [1.29, 1.82) is 0 Å². The Hall–Kier alpha value is -2.67. The third kappa shape index (κ3) is 2.60. The number of Topliss-reactive ketones (excluding diaryl/α,β-unsaturated/α-hetero) is 1. The predicted octanol–water partition coefficient (Wildman–Crippen LogP) is 2.74. The van der Waals surface area contributed by atoms with Gasteiger partial charge in [-0.2, -0.15) is 4.98 Å². The van der Waals surface area contributed by atoms with E-state index in [9.17, 15) is 9.59 Å². The minimum absolute atomic E-state index is 0.0451. The summed E-state index contributed by atoms with van der Waals surface area (Å²) in [5.74, 6) is -0.164. The van der Waals surface area contributed by atoms with Crippen LogP contribution in [0.3, 0.4) is 0 Å². The quantitative estimate of drug-likeness (QED) is 0.831. The first-order valence-corrected chi connectivity index (χ1v) is 8.30. The van der Waals surface area contributed by atoms with Crippen LogP contribution in [-0.4, -0.2) is 33.6 Å². The standard InChI is InChI=1S/C17H15ClN4O3/c1-25-16(24)15-20-17-19-11-3-2-4-12(23)13(11)14(22(17)21-15)9-5-7-10(18)8-6-9/h5-8,14H,2-4H2,1H3,(H,19,20,21)/t14-/m0/s1. The summed E-state index contributed by atoms with van der Waals surface area (Å²) in [7, 11) is 1.28. The number of hydrogen-bond donors (Lipinski definition) is 1. The Morgan fingerprint density at radius 3 is 2.80 bits per heavy atom. The molecule has 128 valence electrons. The first-order chi connectivity index (χ1) is 12.1. The Bertz CT molecular complexity index is 901. The Morgan fingerprint density at radius 1 is 1.32 bits per heavy atom. The van der Waals surface area contributed by atoms with Gasteiger partial charge in [0.15, 0.2) is 5.78 Å². The topological polar surface area (TPSA) is 86.1 Å². The molecule has 0 saturated carbocycles. The molecule has 0 amide bonds. The average Bonchev–Trinajstić information content (AvgIpc) is 3.04. The van der Waals surface area contributed by atoms with Crippen molar-refractivity contribution in [3.63, 3.8) is 0 Å². The number of carbonyl (C=O) groups is 2. The zero-order valence-corrected chi connectivity index (χ0v) is 14.2. The maximum absolute atomic E-state index is 12.6. The molecule has 2 heterocycles. The Morgan fingerprint density at radius 2 is 2.08 bits per heavy atom. The zero-order chi connectivity index (χ0) is 17.6. The molecule has 1 aromatic heterocycles. The molecule has 1 aromatic carbocycles. The Balaban J connectivity index is 1.89. The molecule has 2 aromatic rings. The zero-order valence-electron chi connectivity index (χ0n) is 13.5. The number of allylic oxidation sites excluding steroid dienone is 2. The Kier molecular flexibility index (Phi) is 3.80. The highest BCUT2D eigenvalue weighted by Crippen LogP contribution is 2.40. The maximum Gasteiger partial charge on any atom is 0.378 e. The Labute approximate surface area is 148 Å². The number of ether oxygens (including phenoxy) is 1. The van der Waals surface area contributed by atoms with E-state index in [4.69, 9.17) is 16.3 Å². The molecule has 0 saturated heterocycles. The van der Waals surface area contributed by atoms with Gasteiger partial charge < -0.3 is 10.1 Å². The summed E-state index contributed by atoms with van der Waals surface area (Å²) in [4.78, 5) is 28.6. The lowest BCUT2D eigenvalue weighted by Crippen LogP contribution is -2.31. The summed E-state index contributed by atoms with van der Waals surface area (Å²) in [5.41, 5.74) is 2.37. The van der Waals surface area contributed by atoms with Crippen molar-refractivity contribution in [3.8, 4) is 0 Å². The second kappa shape index (κ2) is 6.00. The third-order valence-electron chi connectivity index (χ3n) is 4.42. The number of halogens is 1. The molecule has 1 aliphatic carbocycles. The van der Waals surface area contributed by atoms with E-state index in [1.54, 1.807) is 16.8 Å². The first-order valence-electron chi connectivity index (χ1n) is 7.92. The molecule has 0 radical (unpaired) electrons. The van der Waals surface area contributed by atoms with Crippen LogP contribution >= 0.6 is 11.6 Å². The van der Waals surface area contributed by atoms with E-state index in [0.717, 1.165) is 24.1 Å². The van der Waals surface area contributed by atoms with Crippen LogP contribution in [-0.2, 0) is 9.53 Å². The van der Waals surface area contributed by atoms with E-state index >= 15 is 0 Å². The summed E-state index contributed by atoms with van der Waals surface area (Å²) >= 11 is 5.99. The summed E-state index contributed by atoms with van der Waals surface area (Å²) in [6.07, 6.45) is 2.04. The first kappa shape index (κ1) is 15.8. The third-order valence-corrected chi connectivity index (χ3v) is 4.67. The van der Waals surface area contributed by atoms with Gasteiger partial charge in [0.1, 0.15) is 6.04 Å². The minimum Gasteiger partial charge on any atom is -0.463 e. The number of rotatable bonds is 2. The summed E-state index contributed by atoms with van der Waals surface area (Å²) in [5, 5.41) is 8.04. The molecule has 0 bridgehead atoms. The summed E-state index contributed by atoms with van der Waals surface area (Å²) < 4.78 is 6.27. The number of nitrogens with zero attached hydrogens (tertiary/aromatic N) is 3. The van der Waals surface area contributed by atoms with Crippen LogP contribution in [0, 0.1) is 0 Å². The van der Waals surface area contributed by atoms with Gasteiger partial charge >= 0.3 is 5.97 Å². The molecule has 1 atom stereocenters. The molecule has 8 heteroatoms. The number of anilines is 1. The molecular weight excluding hydrogens is 344 g/mol. The van der Waals surface area contributed by atoms with Crippen molar-refractivity contribution in [3.05, 3.63) is 51.9 Å². The number of ketones is 1. The highest BCUT2D eigenvalue weighted by Gasteiger charge is 2.37. The molecule has 1 aliphatic heterocycles. The highest BCUT2D eigenvalue weighted by atomic mass is 35.5. The van der Waals surface area contributed by atoms with Gasteiger partial charge in [-0.05, 0) is 30.5 Å². The largest absolute Gasteiger partial charge is 0.463 e. The van der Waals surface area contributed by atoms with Gasteiger partial charge in [-0.15, -0.1) is 5.10 Å². The maximum atomic E-state index is 12.6. The van der Waals surface area contributed by atoms with Crippen molar-refractivity contribution in [2.45, 2.75) is 25.3 Å².